The Kier molecular flexibility index (Phi) is 5.73. The summed E-state index contributed by atoms with van der Waals surface area (Å²) in [5.41, 5.74) is 3.01. The molecule has 33 heavy (non-hydrogen) atoms. The molecule has 0 amide bonds. The average Bonchev–Trinajstić information content (AvgIpc) is 2.88. The minimum Gasteiger partial charge on any atom is -0.508 e. The van der Waals surface area contributed by atoms with Crippen LogP contribution in [0.3, 0.4) is 0 Å². The van der Waals surface area contributed by atoms with Gasteiger partial charge >= 0.3 is 0 Å². The molecule has 0 radical (unpaired) electrons. The second-order valence-electron chi connectivity index (χ2n) is 7.74. The molecule has 6 heteroatoms. The number of hydrogen-bond acceptors (Lipinski definition) is 5. The lowest BCUT2D eigenvalue weighted by Crippen LogP contribution is -2.19. The zero-order chi connectivity index (χ0) is 23.5. The van der Waals surface area contributed by atoms with Crippen LogP contribution in [0.15, 0.2) is 95.9 Å². The van der Waals surface area contributed by atoms with E-state index in [1.165, 1.54) is 0 Å². The molecule has 0 unspecified atom stereocenters. The van der Waals surface area contributed by atoms with Crippen molar-refractivity contribution in [2.45, 2.75) is 22.9 Å². The maximum absolute atomic E-state index is 9.76. The average molecular weight is 479 g/mol. The molecular weight excluding hydrogens is 456 g/mol. The fourth-order valence-corrected chi connectivity index (χ4v) is 5.35. The van der Waals surface area contributed by atoms with Gasteiger partial charge in [0.2, 0.25) is 0 Å². The highest BCUT2D eigenvalue weighted by molar-refractivity contribution is 7.99. The maximum Gasteiger partial charge on any atom is 0.293 e. The molecule has 2 N–H and O–H groups in total. The Morgan fingerprint density at radius 2 is 1.61 bits per heavy atom. The summed E-state index contributed by atoms with van der Waals surface area (Å²) in [4.78, 5) is 0.915. The Labute approximate surface area is 202 Å². The lowest BCUT2D eigenvalue weighted by molar-refractivity contribution is 0.189. The van der Waals surface area contributed by atoms with Crippen LogP contribution in [0.5, 0.6) is 23.0 Å². The van der Waals surface area contributed by atoms with Gasteiger partial charge in [0.25, 0.3) is 1.43 Å². The van der Waals surface area contributed by atoms with E-state index >= 15 is 0 Å². The fraction of sp³-hybridized carbons (Fsp3) is 0.111. The molecule has 0 spiro atoms. The monoisotopic (exact) mass is 478 g/mol. The molecule has 1 aliphatic rings. The van der Waals surface area contributed by atoms with Crippen LogP contribution in [0.1, 0.15) is 28.0 Å². The van der Waals surface area contributed by atoms with E-state index < -0.39 is 0 Å². The summed E-state index contributed by atoms with van der Waals surface area (Å²) in [6.45, 7) is 0.404. The molecule has 0 bridgehead atoms. The molecule has 166 valence electrons. The van der Waals surface area contributed by atoms with Gasteiger partial charge in [0.1, 0.15) is 35.7 Å². The van der Waals surface area contributed by atoms with E-state index in [9.17, 15) is 5.11 Å². The van der Waals surface area contributed by atoms with Crippen molar-refractivity contribution in [3.05, 3.63) is 113 Å². The minimum absolute atomic E-state index is 0.0796. The maximum atomic E-state index is 9.76. The van der Waals surface area contributed by atoms with E-state index in [4.69, 9.17) is 22.5 Å². The third kappa shape index (κ3) is 4.75. The highest BCUT2D eigenvalue weighted by Crippen LogP contribution is 2.55. The number of aromatic hydroxyl groups is 2. The number of hydrogen-bond donors (Lipinski definition) is 2. The standard InChI is InChI=1S/C27H21ClO4S/c28-22-14-25-24(15-23(22)31-16-17-4-2-1-3-5-17)32-26(18-6-10-20(29)11-7-18)27(33-25)19-8-12-21(30)13-9-19/h1-15,26-27,29-30H,16H2/t26-,27+/m1/s1/i/hT. The van der Waals surface area contributed by atoms with E-state index in [1.54, 1.807) is 36.0 Å². The van der Waals surface area contributed by atoms with E-state index in [0.717, 1.165) is 21.6 Å². The van der Waals surface area contributed by atoms with Crippen LogP contribution in [0, 0.1) is 0 Å². The van der Waals surface area contributed by atoms with Gasteiger partial charge in [-0.05, 0) is 47.0 Å². The predicted octanol–water partition coefficient (Wildman–Crippen LogP) is 7.30. The van der Waals surface area contributed by atoms with Gasteiger partial charge in [-0.1, -0.05) is 66.2 Å². The normalized spacial score (nSPS) is 17.4. The molecular formula is C27H21ClO4S. The van der Waals surface area contributed by atoms with Crippen LogP contribution in [0.25, 0.3) is 0 Å². The zero-order valence-corrected chi connectivity index (χ0v) is 19.1. The molecule has 4 aromatic rings. The molecule has 0 saturated carbocycles. The zero-order valence-electron chi connectivity index (χ0n) is 18.5. The Morgan fingerprint density at radius 3 is 2.33 bits per heavy atom. The SMILES string of the molecule is [3H]Oc1ccc([C@@H]2Sc3cc(Cl)c(OCc4ccccc4)cc3O[C@@H]2c2ccc(O)cc2)cc1. The first-order valence-corrected chi connectivity index (χ1v) is 11.7. The Bertz CT molecular complexity index is 1270. The highest BCUT2D eigenvalue weighted by Gasteiger charge is 2.34. The smallest absolute Gasteiger partial charge is 0.293 e. The Balaban J connectivity index is 1.48. The number of phenolic OH excluding ortho intramolecular Hbond substituents is 2. The van der Waals surface area contributed by atoms with Crippen molar-refractivity contribution < 1.29 is 19.7 Å². The number of halogens is 1. The van der Waals surface area contributed by atoms with E-state index in [0.29, 0.717) is 28.9 Å². The second kappa shape index (κ2) is 9.30. The number of thioether (sulfide) groups is 1. The first kappa shape index (κ1) is 20.3. The van der Waals surface area contributed by atoms with E-state index in [2.05, 4.69) is 5.11 Å². The van der Waals surface area contributed by atoms with E-state index in [-0.39, 0.29) is 17.1 Å². The summed E-state index contributed by atoms with van der Waals surface area (Å²) in [5.74, 6) is 1.92. The third-order valence-electron chi connectivity index (χ3n) is 5.45. The predicted molar refractivity (Wildman–Crippen MR) is 130 cm³/mol. The van der Waals surface area contributed by atoms with Crippen LogP contribution in [0.2, 0.25) is 5.02 Å². The molecule has 1 heterocycles. The molecule has 0 saturated heterocycles. The summed E-state index contributed by atoms with van der Waals surface area (Å²) in [7, 11) is 0. The van der Waals surface area contributed by atoms with Gasteiger partial charge in [0.15, 0.2) is 0 Å². The molecule has 0 fully saturated rings. The van der Waals surface area contributed by atoms with Crippen LogP contribution < -0.4 is 9.47 Å². The third-order valence-corrected chi connectivity index (χ3v) is 7.09. The summed E-state index contributed by atoms with van der Waals surface area (Å²) in [6, 6.07) is 28.1. The van der Waals surface area contributed by atoms with Crippen LogP contribution in [0.4, 0.5) is 0 Å². The van der Waals surface area contributed by atoms with Gasteiger partial charge in [0.05, 0.1) is 15.2 Å². The number of phenols is 2. The van der Waals surface area contributed by atoms with Crippen molar-refractivity contribution in [2.75, 3.05) is 0 Å². The summed E-state index contributed by atoms with van der Waals surface area (Å²) >= 11 is 8.23. The number of benzene rings is 4. The fourth-order valence-electron chi connectivity index (χ4n) is 3.75. The molecule has 0 aliphatic carbocycles. The van der Waals surface area contributed by atoms with E-state index in [1.807, 2.05) is 66.7 Å². The van der Waals surface area contributed by atoms with Gasteiger partial charge in [-0.2, -0.15) is 0 Å². The number of fused-ring (bicyclic) bond motifs is 1. The van der Waals surface area contributed by atoms with Crippen molar-refractivity contribution in [2.24, 2.45) is 0 Å². The van der Waals surface area contributed by atoms with Gasteiger partial charge in [0, 0.05) is 6.07 Å². The molecule has 1 aliphatic heterocycles. The van der Waals surface area contributed by atoms with Crippen molar-refractivity contribution in [3.8, 4) is 23.0 Å². The van der Waals surface area contributed by atoms with Crippen molar-refractivity contribution in [3.63, 3.8) is 0 Å². The van der Waals surface area contributed by atoms with Gasteiger partial charge in [-0.25, -0.2) is 0 Å². The quantitative estimate of drug-likeness (QED) is 0.304. The molecule has 5 rings (SSSR count). The molecule has 2 atom stereocenters. The molecule has 0 aromatic heterocycles. The Morgan fingerprint density at radius 1 is 0.909 bits per heavy atom. The van der Waals surface area contributed by atoms with Crippen molar-refractivity contribution in [1.29, 1.82) is 1.43 Å². The number of ether oxygens (including phenoxy) is 2. The topological polar surface area (TPSA) is 58.9 Å². The van der Waals surface area contributed by atoms with Crippen molar-refractivity contribution in [1.82, 2.24) is 0 Å². The van der Waals surface area contributed by atoms with Crippen LogP contribution in [-0.4, -0.2) is 11.6 Å². The van der Waals surface area contributed by atoms with Crippen LogP contribution in [-0.2, 0) is 6.61 Å². The lowest BCUT2D eigenvalue weighted by atomic mass is 10.00. The van der Waals surface area contributed by atoms with Crippen molar-refractivity contribution >= 4 is 23.4 Å². The lowest BCUT2D eigenvalue weighted by Gasteiger charge is -2.34. The van der Waals surface area contributed by atoms with Crippen LogP contribution >= 0.6 is 23.4 Å². The molecule has 4 aromatic carbocycles. The summed E-state index contributed by atoms with van der Waals surface area (Å²) in [6.07, 6.45) is -0.316. The second-order valence-corrected chi connectivity index (χ2v) is 9.33. The van der Waals surface area contributed by atoms with Gasteiger partial charge in [-0.3, -0.25) is 0 Å². The number of rotatable bonds is 6. The molecule has 4 nitrogen and oxygen atoms in total. The summed E-state index contributed by atoms with van der Waals surface area (Å²) < 4.78 is 19.6. The first-order valence-electron chi connectivity index (χ1n) is 10.9. The highest BCUT2D eigenvalue weighted by atomic mass is 35.5. The first-order chi connectivity index (χ1) is 16.6. The largest absolute Gasteiger partial charge is 0.508 e. The Hall–Kier alpha value is -3.28. The van der Waals surface area contributed by atoms with Gasteiger partial charge < -0.3 is 19.7 Å². The van der Waals surface area contributed by atoms with Gasteiger partial charge in [-0.15, -0.1) is 11.8 Å². The summed E-state index contributed by atoms with van der Waals surface area (Å²) in [5, 5.41) is 14.8. The minimum atomic E-state index is -0.316.